The van der Waals surface area contributed by atoms with Crippen molar-refractivity contribution < 1.29 is 4.79 Å². The number of hydrogen-bond acceptors (Lipinski definition) is 5. The Balaban J connectivity index is 1.42. The number of H-pyrrole nitrogens is 1. The van der Waals surface area contributed by atoms with Gasteiger partial charge in [0.05, 0.1) is 0 Å². The lowest BCUT2D eigenvalue weighted by Gasteiger charge is -2.19. The molecule has 9 nitrogen and oxygen atoms in total. The minimum atomic E-state index is -0.0592. The zero-order chi connectivity index (χ0) is 19.5. The predicted octanol–water partition coefficient (Wildman–Crippen LogP) is 1.72. The Morgan fingerprint density at radius 2 is 1.61 bits per heavy atom. The van der Waals surface area contributed by atoms with E-state index >= 15 is 0 Å². The van der Waals surface area contributed by atoms with Crippen molar-refractivity contribution in [3.8, 4) is 0 Å². The van der Waals surface area contributed by atoms with Gasteiger partial charge < -0.3 is 5.73 Å². The summed E-state index contributed by atoms with van der Waals surface area (Å²) >= 11 is 0. The molecule has 0 aliphatic carbocycles. The first kappa shape index (κ1) is 17.7. The minimum Gasteiger partial charge on any atom is -0.384 e. The molecule has 1 aliphatic heterocycles. The van der Waals surface area contributed by atoms with E-state index in [-0.39, 0.29) is 11.9 Å². The van der Waals surface area contributed by atoms with Crippen LogP contribution in [-0.2, 0) is 12.8 Å². The van der Waals surface area contributed by atoms with E-state index in [4.69, 9.17) is 11.1 Å². The molecule has 1 aliphatic rings. The summed E-state index contributed by atoms with van der Waals surface area (Å²) < 4.78 is 0. The van der Waals surface area contributed by atoms with Crippen LogP contribution >= 0.6 is 0 Å². The topological polar surface area (TPSA) is 128 Å². The van der Waals surface area contributed by atoms with Gasteiger partial charge in [0.1, 0.15) is 11.7 Å². The number of nitrogens with two attached hydrogens (primary N) is 1. The van der Waals surface area contributed by atoms with E-state index in [2.05, 4.69) is 20.6 Å². The maximum Gasteiger partial charge on any atom is 0.329 e. The summed E-state index contributed by atoms with van der Waals surface area (Å²) in [4.78, 5) is 16.3. The zero-order valence-corrected chi connectivity index (χ0v) is 15.2. The number of aryl methyl sites for hydroxylation is 2. The van der Waals surface area contributed by atoms with Gasteiger partial charge in [0.25, 0.3) is 0 Å². The third-order valence-electron chi connectivity index (χ3n) is 4.79. The van der Waals surface area contributed by atoms with Crippen LogP contribution in [0.3, 0.4) is 0 Å². The molecular weight excluding hydrogens is 356 g/mol. The van der Waals surface area contributed by atoms with Crippen molar-refractivity contribution in [1.29, 1.82) is 5.41 Å². The van der Waals surface area contributed by atoms with E-state index in [0.717, 1.165) is 35.6 Å². The van der Waals surface area contributed by atoms with Gasteiger partial charge in [-0.15, -0.1) is 5.10 Å². The number of amides is 2. The van der Waals surface area contributed by atoms with Crippen molar-refractivity contribution in [3.63, 3.8) is 0 Å². The lowest BCUT2D eigenvalue weighted by Crippen LogP contribution is -2.31. The SMILES string of the molecule is N=C(N)c1ccc(N2CCN(c3ccc(CCc4nnn[nH]4)cc3)C2=O)cc1. The molecule has 4 rings (SSSR count). The Morgan fingerprint density at radius 1 is 1.00 bits per heavy atom. The third kappa shape index (κ3) is 3.54. The van der Waals surface area contributed by atoms with Gasteiger partial charge in [0.2, 0.25) is 0 Å². The molecule has 142 valence electrons. The third-order valence-corrected chi connectivity index (χ3v) is 4.79. The molecule has 0 saturated carbocycles. The molecule has 3 aromatic rings. The normalized spacial score (nSPS) is 13.9. The Hall–Kier alpha value is -3.75. The highest BCUT2D eigenvalue weighted by atomic mass is 16.2. The largest absolute Gasteiger partial charge is 0.384 e. The first-order valence-corrected chi connectivity index (χ1v) is 8.97. The molecule has 9 heteroatoms. The number of tetrazole rings is 1. The fraction of sp³-hybridized carbons (Fsp3) is 0.211. The van der Waals surface area contributed by atoms with Crippen molar-refractivity contribution in [2.75, 3.05) is 22.9 Å². The standard InChI is InChI=1S/C19H20N8O/c20-18(21)14-4-8-16(9-5-14)27-12-11-26(19(27)28)15-6-1-13(2-7-15)3-10-17-22-24-25-23-17/h1-2,4-9H,3,10-12H2,(H3,20,21)(H,22,23,24,25). The fourth-order valence-corrected chi connectivity index (χ4v) is 3.23. The van der Waals surface area contributed by atoms with Crippen molar-refractivity contribution in [2.45, 2.75) is 12.8 Å². The Kier molecular flexibility index (Phi) is 4.71. The molecule has 2 aromatic carbocycles. The molecule has 1 saturated heterocycles. The van der Waals surface area contributed by atoms with Crippen LogP contribution in [0.2, 0.25) is 0 Å². The van der Waals surface area contributed by atoms with Crippen LogP contribution < -0.4 is 15.5 Å². The molecule has 28 heavy (non-hydrogen) atoms. The van der Waals surface area contributed by atoms with Crippen molar-refractivity contribution in [3.05, 3.63) is 65.5 Å². The first-order chi connectivity index (χ1) is 13.6. The number of aromatic nitrogens is 4. The smallest absolute Gasteiger partial charge is 0.329 e. The number of anilines is 2. The number of nitrogens with one attached hydrogen (secondary N) is 2. The number of amidine groups is 1. The van der Waals surface area contributed by atoms with Crippen LogP contribution in [0.1, 0.15) is 17.0 Å². The summed E-state index contributed by atoms with van der Waals surface area (Å²) in [6.07, 6.45) is 1.55. The molecule has 0 atom stereocenters. The molecule has 1 fully saturated rings. The van der Waals surface area contributed by atoms with Gasteiger partial charge in [-0.3, -0.25) is 15.2 Å². The average Bonchev–Trinajstić information content (AvgIpc) is 3.37. The van der Waals surface area contributed by atoms with Gasteiger partial charge in [-0.1, -0.05) is 12.1 Å². The minimum absolute atomic E-state index is 0.0144. The Bertz CT molecular complexity index is 966. The first-order valence-electron chi connectivity index (χ1n) is 8.97. The highest BCUT2D eigenvalue weighted by molar-refractivity contribution is 6.06. The molecule has 0 spiro atoms. The van der Waals surface area contributed by atoms with Gasteiger partial charge in [-0.25, -0.2) is 9.89 Å². The summed E-state index contributed by atoms with van der Waals surface area (Å²) in [7, 11) is 0. The van der Waals surface area contributed by atoms with Gasteiger partial charge in [0.15, 0.2) is 0 Å². The van der Waals surface area contributed by atoms with Crippen LogP contribution in [0.15, 0.2) is 48.5 Å². The number of rotatable bonds is 6. The highest BCUT2D eigenvalue weighted by Crippen LogP contribution is 2.26. The zero-order valence-electron chi connectivity index (χ0n) is 15.2. The maximum absolute atomic E-state index is 12.8. The number of nitrogens with zero attached hydrogens (tertiary/aromatic N) is 5. The van der Waals surface area contributed by atoms with Crippen LogP contribution in [0.4, 0.5) is 16.2 Å². The van der Waals surface area contributed by atoms with E-state index in [1.807, 2.05) is 36.4 Å². The maximum atomic E-state index is 12.8. The second-order valence-electron chi connectivity index (χ2n) is 6.56. The summed E-state index contributed by atoms with van der Waals surface area (Å²) in [5.41, 5.74) is 8.96. The number of carbonyl (C=O) groups excluding carboxylic acids is 1. The van der Waals surface area contributed by atoms with Gasteiger partial charge in [-0.2, -0.15) is 0 Å². The molecule has 0 radical (unpaired) electrons. The van der Waals surface area contributed by atoms with E-state index in [9.17, 15) is 4.79 Å². The van der Waals surface area contributed by atoms with Crippen LogP contribution in [0.5, 0.6) is 0 Å². The molecule has 2 amide bonds. The lowest BCUT2D eigenvalue weighted by molar-refractivity contribution is 0.256. The number of aromatic amines is 1. The Labute approximate surface area is 161 Å². The van der Waals surface area contributed by atoms with E-state index in [1.54, 1.807) is 21.9 Å². The molecule has 1 aromatic heterocycles. The van der Waals surface area contributed by atoms with Crippen LogP contribution in [-0.4, -0.2) is 45.6 Å². The monoisotopic (exact) mass is 376 g/mol. The van der Waals surface area contributed by atoms with Gasteiger partial charge in [-0.05, 0) is 58.8 Å². The highest BCUT2D eigenvalue weighted by Gasteiger charge is 2.30. The predicted molar refractivity (Wildman–Crippen MR) is 106 cm³/mol. The summed E-state index contributed by atoms with van der Waals surface area (Å²) in [6.45, 7) is 1.23. The summed E-state index contributed by atoms with van der Waals surface area (Å²) in [5.74, 6) is 0.769. The molecule has 0 bridgehead atoms. The number of carbonyl (C=O) groups is 1. The quantitative estimate of drug-likeness (QED) is 0.446. The second-order valence-corrected chi connectivity index (χ2v) is 6.56. The van der Waals surface area contributed by atoms with Crippen LogP contribution in [0.25, 0.3) is 0 Å². The average molecular weight is 376 g/mol. The van der Waals surface area contributed by atoms with E-state index in [1.165, 1.54) is 0 Å². The molecule has 4 N–H and O–H groups in total. The lowest BCUT2D eigenvalue weighted by atomic mass is 10.1. The summed E-state index contributed by atoms with van der Waals surface area (Å²) in [6, 6.07) is 15.1. The number of nitrogen functional groups attached to an aromatic ring is 1. The van der Waals surface area contributed by atoms with E-state index in [0.29, 0.717) is 18.7 Å². The van der Waals surface area contributed by atoms with E-state index < -0.39 is 0 Å². The Morgan fingerprint density at radius 3 is 2.14 bits per heavy atom. The fourth-order valence-electron chi connectivity index (χ4n) is 3.23. The van der Waals surface area contributed by atoms with Crippen molar-refractivity contribution in [2.24, 2.45) is 5.73 Å². The molecule has 0 unspecified atom stereocenters. The number of benzene rings is 2. The number of urea groups is 1. The molecular formula is C19H20N8O. The number of hydrogen-bond donors (Lipinski definition) is 3. The second kappa shape index (κ2) is 7.47. The van der Waals surface area contributed by atoms with Crippen LogP contribution in [0, 0.1) is 5.41 Å². The van der Waals surface area contributed by atoms with Crippen molar-refractivity contribution >= 4 is 23.2 Å². The summed E-state index contributed by atoms with van der Waals surface area (Å²) in [5, 5.41) is 21.2. The molecule has 2 heterocycles. The van der Waals surface area contributed by atoms with Gasteiger partial charge in [0, 0.05) is 36.4 Å². The van der Waals surface area contributed by atoms with Gasteiger partial charge >= 0.3 is 6.03 Å². The van der Waals surface area contributed by atoms with Crippen molar-refractivity contribution in [1.82, 2.24) is 20.6 Å².